The molecule has 0 saturated carbocycles. The molecule has 0 saturated heterocycles. The van der Waals surface area contributed by atoms with Crippen LogP contribution in [0.15, 0.2) is 71.3 Å². The number of amides is 2. The highest BCUT2D eigenvalue weighted by Crippen LogP contribution is 2.31. The molecule has 3 aromatic carbocycles. The Kier molecular flexibility index (Phi) is 6.38. The summed E-state index contributed by atoms with van der Waals surface area (Å²) in [5.41, 5.74) is 1.92. The fraction of sp³-hybridized carbons (Fsp3) is 0.148. The highest BCUT2D eigenvalue weighted by molar-refractivity contribution is 6.21. The molecule has 2 heterocycles. The van der Waals surface area contributed by atoms with Gasteiger partial charge in [-0.05, 0) is 35.9 Å². The van der Waals surface area contributed by atoms with Crippen LogP contribution in [0.25, 0.3) is 11.4 Å². The van der Waals surface area contributed by atoms with Crippen molar-refractivity contribution in [2.75, 3.05) is 14.2 Å². The molecule has 1 aliphatic rings. The van der Waals surface area contributed by atoms with Gasteiger partial charge in [0.25, 0.3) is 17.7 Å². The number of rotatable bonds is 8. The van der Waals surface area contributed by atoms with Crippen molar-refractivity contribution in [2.24, 2.45) is 0 Å². The van der Waals surface area contributed by atoms with E-state index >= 15 is 0 Å². The molecule has 37 heavy (non-hydrogen) atoms. The normalized spacial score (nSPS) is 12.4. The van der Waals surface area contributed by atoms with Crippen molar-refractivity contribution in [2.45, 2.75) is 13.2 Å². The number of hydrogen-bond acceptors (Lipinski definition) is 9. The Labute approximate surface area is 211 Å². The van der Waals surface area contributed by atoms with E-state index in [0.29, 0.717) is 17.1 Å². The number of hydrogen-bond donors (Lipinski definition) is 0. The molecule has 1 aliphatic heterocycles. The number of fused-ring (bicyclic) bond motifs is 1. The first kappa shape index (κ1) is 23.7. The Balaban J connectivity index is 1.27. The summed E-state index contributed by atoms with van der Waals surface area (Å²) in [5.74, 6) is -0.150. The fourth-order valence-corrected chi connectivity index (χ4v) is 3.94. The van der Waals surface area contributed by atoms with Crippen LogP contribution < -0.4 is 9.47 Å². The number of methoxy groups -OCH3 is 2. The molecule has 0 aliphatic carbocycles. The molecule has 0 spiro atoms. The van der Waals surface area contributed by atoms with Gasteiger partial charge >= 0.3 is 5.97 Å². The maximum Gasteiger partial charge on any atom is 0.338 e. The van der Waals surface area contributed by atoms with Crippen molar-refractivity contribution >= 4 is 17.8 Å². The Hall–Kier alpha value is -4.99. The zero-order chi connectivity index (χ0) is 25.9. The number of nitrogens with zero attached hydrogens (tertiary/aromatic N) is 3. The largest absolute Gasteiger partial charge is 0.497 e. The number of imide groups is 1. The van der Waals surface area contributed by atoms with Crippen LogP contribution in [-0.4, -0.2) is 47.0 Å². The predicted molar refractivity (Wildman–Crippen MR) is 129 cm³/mol. The zero-order valence-electron chi connectivity index (χ0n) is 20.0. The van der Waals surface area contributed by atoms with Gasteiger partial charge < -0.3 is 18.7 Å². The van der Waals surface area contributed by atoms with E-state index in [9.17, 15) is 14.4 Å². The highest BCUT2D eigenvalue weighted by Gasteiger charge is 2.36. The summed E-state index contributed by atoms with van der Waals surface area (Å²) >= 11 is 0. The van der Waals surface area contributed by atoms with E-state index in [1.807, 2.05) is 30.3 Å². The average molecular weight is 499 g/mol. The van der Waals surface area contributed by atoms with Crippen molar-refractivity contribution in [3.8, 4) is 22.9 Å². The van der Waals surface area contributed by atoms with Gasteiger partial charge in [0.2, 0.25) is 5.82 Å². The summed E-state index contributed by atoms with van der Waals surface area (Å²) in [6.45, 7) is -0.139. The van der Waals surface area contributed by atoms with Crippen molar-refractivity contribution in [3.05, 3.63) is 94.9 Å². The molecular weight excluding hydrogens is 478 g/mol. The van der Waals surface area contributed by atoms with Gasteiger partial charge in [0.1, 0.15) is 11.5 Å². The van der Waals surface area contributed by atoms with Gasteiger partial charge in [0.05, 0.1) is 43.0 Å². The van der Waals surface area contributed by atoms with Crippen molar-refractivity contribution in [3.63, 3.8) is 0 Å². The van der Waals surface area contributed by atoms with Gasteiger partial charge in [-0.3, -0.25) is 14.5 Å². The Morgan fingerprint density at radius 2 is 1.65 bits per heavy atom. The van der Waals surface area contributed by atoms with Crippen LogP contribution in [0.4, 0.5) is 0 Å². The maximum atomic E-state index is 12.9. The number of esters is 1. The van der Waals surface area contributed by atoms with E-state index < -0.39 is 17.8 Å². The molecule has 0 atom stereocenters. The molecule has 0 bridgehead atoms. The Morgan fingerprint density at radius 3 is 2.41 bits per heavy atom. The van der Waals surface area contributed by atoms with Gasteiger partial charge in [-0.2, -0.15) is 4.98 Å². The molecule has 0 radical (unpaired) electrons. The number of benzene rings is 3. The van der Waals surface area contributed by atoms with Gasteiger partial charge in [0, 0.05) is 6.07 Å². The molecule has 1 aromatic heterocycles. The third kappa shape index (κ3) is 4.64. The fourth-order valence-electron chi connectivity index (χ4n) is 3.94. The summed E-state index contributed by atoms with van der Waals surface area (Å²) in [7, 11) is 3.06. The molecule has 0 fully saturated rings. The van der Waals surface area contributed by atoms with E-state index in [-0.39, 0.29) is 41.6 Å². The molecule has 10 heteroatoms. The number of carbonyl (C=O) groups excluding carboxylic acids is 3. The summed E-state index contributed by atoms with van der Waals surface area (Å²) in [6, 6.07) is 18.6. The molecule has 0 unspecified atom stereocenters. The van der Waals surface area contributed by atoms with Crippen molar-refractivity contribution in [1.29, 1.82) is 0 Å². The second-order valence-electron chi connectivity index (χ2n) is 8.10. The summed E-state index contributed by atoms with van der Waals surface area (Å²) in [4.78, 5) is 43.7. The van der Waals surface area contributed by atoms with Crippen LogP contribution in [0, 0.1) is 0 Å². The first-order valence-corrected chi connectivity index (χ1v) is 11.2. The van der Waals surface area contributed by atoms with Crippen molar-refractivity contribution in [1.82, 2.24) is 15.0 Å². The lowest BCUT2D eigenvalue weighted by molar-refractivity contribution is 0.0429. The van der Waals surface area contributed by atoms with E-state index in [1.54, 1.807) is 25.3 Å². The standard InChI is InChI=1S/C27H21N3O7/c1-34-18-9-11-20(22(13-18)35-2)24-28-23(37-29-24)15-36-27(33)17-8-10-19-21(12-17)26(32)30(25(19)31)14-16-6-4-3-5-7-16/h3-13H,14-15H2,1-2H3. The lowest BCUT2D eigenvalue weighted by Gasteiger charge is -2.13. The molecule has 10 nitrogen and oxygen atoms in total. The predicted octanol–water partition coefficient (Wildman–Crippen LogP) is 3.91. The SMILES string of the molecule is COc1ccc(-c2noc(COC(=O)c3ccc4c(c3)C(=O)N(Cc3ccccc3)C4=O)n2)c(OC)c1. The average Bonchev–Trinajstić information content (AvgIpc) is 3.50. The van der Waals surface area contributed by atoms with Crippen LogP contribution >= 0.6 is 0 Å². The molecular formula is C27H21N3O7. The first-order valence-electron chi connectivity index (χ1n) is 11.2. The van der Waals surface area contributed by atoms with Crippen LogP contribution in [-0.2, 0) is 17.9 Å². The van der Waals surface area contributed by atoms with Gasteiger partial charge in [-0.1, -0.05) is 35.5 Å². The monoisotopic (exact) mass is 499 g/mol. The van der Waals surface area contributed by atoms with Gasteiger partial charge in [0.15, 0.2) is 6.61 Å². The van der Waals surface area contributed by atoms with Gasteiger partial charge in [-0.15, -0.1) is 0 Å². The lowest BCUT2D eigenvalue weighted by atomic mass is 10.1. The smallest absolute Gasteiger partial charge is 0.338 e. The topological polar surface area (TPSA) is 121 Å². The minimum Gasteiger partial charge on any atom is -0.497 e. The minimum atomic E-state index is -0.702. The summed E-state index contributed by atoms with van der Waals surface area (Å²) in [5, 5.41) is 3.92. The minimum absolute atomic E-state index is 0.0719. The number of carbonyl (C=O) groups is 3. The van der Waals surface area contributed by atoms with E-state index in [2.05, 4.69) is 10.1 Å². The Bertz CT molecular complexity index is 1500. The second-order valence-corrected chi connectivity index (χ2v) is 8.10. The molecule has 186 valence electrons. The molecule has 2 amide bonds. The zero-order valence-corrected chi connectivity index (χ0v) is 20.0. The maximum absolute atomic E-state index is 12.9. The first-order chi connectivity index (χ1) is 18.0. The van der Waals surface area contributed by atoms with Crippen LogP contribution in [0.3, 0.4) is 0 Å². The summed E-state index contributed by atoms with van der Waals surface area (Å²) in [6.07, 6.45) is 0. The number of ether oxygens (including phenoxy) is 3. The Morgan fingerprint density at radius 1 is 0.892 bits per heavy atom. The lowest BCUT2D eigenvalue weighted by Crippen LogP contribution is -2.29. The van der Waals surface area contributed by atoms with Crippen LogP contribution in [0.5, 0.6) is 11.5 Å². The van der Waals surface area contributed by atoms with Crippen LogP contribution in [0.2, 0.25) is 0 Å². The van der Waals surface area contributed by atoms with E-state index in [4.69, 9.17) is 18.7 Å². The van der Waals surface area contributed by atoms with Crippen molar-refractivity contribution < 1.29 is 33.1 Å². The third-order valence-corrected chi connectivity index (χ3v) is 5.83. The highest BCUT2D eigenvalue weighted by atomic mass is 16.6. The van der Waals surface area contributed by atoms with E-state index in [0.717, 1.165) is 10.5 Å². The molecule has 4 aromatic rings. The molecule has 0 N–H and O–H groups in total. The van der Waals surface area contributed by atoms with E-state index in [1.165, 1.54) is 25.3 Å². The third-order valence-electron chi connectivity index (χ3n) is 5.83. The number of aromatic nitrogens is 2. The quantitative estimate of drug-likeness (QED) is 0.262. The van der Waals surface area contributed by atoms with Crippen LogP contribution in [0.1, 0.15) is 42.5 Å². The summed E-state index contributed by atoms with van der Waals surface area (Å²) < 4.78 is 21.1. The van der Waals surface area contributed by atoms with Gasteiger partial charge in [-0.25, -0.2) is 4.79 Å². The molecule has 5 rings (SSSR count). The second kappa shape index (κ2) is 9.94.